The fraction of sp³-hybridized carbons (Fsp3) is 0.750. The molecular formula is C12H21N3O5. The Morgan fingerprint density at radius 3 is 2.35 bits per heavy atom. The molecule has 1 fully saturated rings. The number of amides is 2. The minimum Gasteiger partial charge on any atom is -0.481 e. The van der Waals surface area contributed by atoms with Gasteiger partial charge >= 0.3 is 18.0 Å². The van der Waals surface area contributed by atoms with Crippen LogP contribution in [0.5, 0.6) is 0 Å². The fourth-order valence-corrected chi connectivity index (χ4v) is 2.06. The molecule has 0 aromatic rings. The van der Waals surface area contributed by atoms with Gasteiger partial charge in [0.05, 0.1) is 0 Å². The van der Waals surface area contributed by atoms with Crippen molar-refractivity contribution in [3.63, 3.8) is 0 Å². The molecule has 0 spiro atoms. The van der Waals surface area contributed by atoms with E-state index in [1.54, 1.807) is 0 Å². The van der Waals surface area contributed by atoms with E-state index in [0.29, 0.717) is 0 Å². The molecule has 1 heterocycles. The Hall–Kier alpha value is -1.83. The number of carboxylic acid groups (broad SMARTS) is 2. The summed E-state index contributed by atoms with van der Waals surface area (Å²) in [5.41, 5.74) is 0. The lowest BCUT2D eigenvalue weighted by molar-refractivity contribution is -0.140. The number of rotatable bonds is 6. The Bertz CT molecular complexity index is 366. The van der Waals surface area contributed by atoms with Crippen molar-refractivity contribution in [1.29, 1.82) is 0 Å². The number of nitrogens with one attached hydrogen (secondary N) is 2. The summed E-state index contributed by atoms with van der Waals surface area (Å²) in [5.74, 6) is -2.32. The Labute approximate surface area is 117 Å². The zero-order valence-corrected chi connectivity index (χ0v) is 11.5. The molecule has 1 atom stereocenters. The van der Waals surface area contributed by atoms with Gasteiger partial charge in [-0.3, -0.25) is 4.79 Å². The molecule has 0 saturated carbocycles. The molecule has 2 amide bonds. The number of likely N-dealkylation sites (tertiary alicyclic amines) is 1. The number of urea groups is 1. The molecular weight excluding hydrogens is 266 g/mol. The van der Waals surface area contributed by atoms with E-state index in [1.165, 1.54) is 0 Å². The molecule has 20 heavy (non-hydrogen) atoms. The monoisotopic (exact) mass is 287 g/mol. The summed E-state index contributed by atoms with van der Waals surface area (Å²) in [7, 11) is 2.00. The summed E-state index contributed by atoms with van der Waals surface area (Å²) in [6.45, 7) is 1.76. The second-order valence-electron chi connectivity index (χ2n) is 5.02. The van der Waals surface area contributed by atoms with Crippen LogP contribution in [0.1, 0.15) is 25.7 Å². The molecule has 0 aliphatic carbocycles. The highest BCUT2D eigenvalue weighted by atomic mass is 16.4. The highest BCUT2D eigenvalue weighted by Crippen LogP contribution is 2.08. The quantitative estimate of drug-likeness (QED) is 0.532. The maximum atomic E-state index is 11.7. The van der Waals surface area contributed by atoms with Gasteiger partial charge in [-0.05, 0) is 39.4 Å². The molecule has 1 aliphatic rings. The van der Waals surface area contributed by atoms with Crippen molar-refractivity contribution >= 4 is 18.0 Å². The third-order valence-electron chi connectivity index (χ3n) is 3.30. The molecule has 0 aromatic heterocycles. The Morgan fingerprint density at radius 1 is 1.25 bits per heavy atom. The van der Waals surface area contributed by atoms with Crippen LogP contribution in [0, 0.1) is 0 Å². The molecule has 8 nitrogen and oxygen atoms in total. The van der Waals surface area contributed by atoms with Crippen molar-refractivity contribution in [2.45, 2.75) is 37.8 Å². The summed E-state index contributed by atoms with van der Waals surface area (Å²) in [4.78, 5) is 35.2. The Morgan fingerprint density at radius 2 is 1.85 bits per heavy atom. The van der Waals surface area contributed by atoms with E-state index in [2.05, 4.69) is 15.5 Å². The van der Waals surface area contributed by atoms with Crippen molar-refractivity contribution in [3.05, 3.63) is 0 Å². The molecule has 8 heteroatoms. The molecule has 4 N–H and O–H groups in total. The standard InChI is InChI=1S/C12H21N3O5/c1-15-6-4-8(5-7-15)13-12(20)14-9(11(18)19)2-3-10(16)17/h8-9H,2-7H2,1H3,(H,16,17)(H,18,19)(H2,13,14,20)/t9-/m0/s1. The second-order valence-corrected chi connectivity index (χ2v) is 5.02. The maximum absolute atomic E-state index is 11.7. The lowest BCUT2D eigenvalue weighted by Crippen LogP contribution is -2.51. The summed E-state index contributed by atoms with van der Waals surface area (Å²) < 4.78 is 0. The minimum atomic E-state index is -1.23. The first-order valence-electron chi connectivity index (χ1n) is 6.58. The topological polar surface area (TPSA) is 119 Å². The van der Waals surface area contributed by atoms with Crippen LogP contribution in [0.3, 0.4) is 0 Å². The van der Waals surface area contributed by atoms with Gasteiger partial charge in [0.1, 0.15) is 6.04 Å². The van der Waals surface area contributed by atoms with Crippen molar-refractivity contribution in [1.82, 2.24) is 15.5 Å². The Balaban J connectivity index is 2.37. The zero-order chi connectivity index (χ0) is 15.1. The van der Waals surface area contributed by atoms with Gasteiger partial charge in [0.15, 0.2) is 0 Å². The smallest absolute Gasteiger partial charge is 0.326 e. The van der Waals surface area contributed by atoms with E-state index in [0.717, 1.165) is 25.9 Å². The molecule has 1 saturated heterocycles. The predicted octanol–water partition coefficient (Wildman–Crippen LogP) is -0.302. The van der Waals surface area contributed by atoms with Crippen LogP contribution in [0.2, 0.25) is 0 Å². The van der Waals surface area contributed by atoms with E-state index in [4.69, 9.17) is 10.2 Å². The summed E-state index contributed by atoms with van der Waals surface area (Å²) in [5, 5.41) is 22.5. The molecule has 1 rings (SSSR count). The molecule has 1 aliphatic heterocycles. The number of carbonyl (C=O) groups is 3. The first-order valence-corrected chi connectivity index (χ1v) is 6.58. The average molecular weight is 287 g/mol. The van der Waals surface area contributed by atoms with Crippen LogP contribution in [-0.2, 0) is 9.59 Å². The number of carbonyl (C=O) groups excluding carboxylic acids is 1. The number of hydrogen-bond acceptors (Lipinski definition) is 4. The number of carboxylic acids is 2. The van der Waals surface area contributed by atoms with Gasteiger partial charge in [0.25, 0.3) is 0 Å². The summed E-state index contributed by atoms with van der Waals surface area (Å²) >= 11 is 0. The van der Waals surface area contributed by atoms with Gasteiger partial charge < -0.3 is 25.7 Å². The van der Waals surface area contributed by atoms with E-state index in [-0.39, 0.29) is 18.9 Å². The van der Waals surface area contributed by atoms with Gasteiger partial charge in [-0.2, -0.15) is 0 Å². The van der Waals surface area contributed by atoms with Crippen LogP contribution in [0.25, 0.3) is 0 Å². The molecule has 0 unspecified atom stereocenters. The van der Waals surface area contributed by atoms with Crippen molar-refractivity contribution in [2.24, 2.45) is 0 Å². The second kappa shape index (κ2) is 7.68. The highest BCUT2D eigenvalue weighted by Gasteiger charge is 2.23. The normalized spacial score (nSPS) is 18.2. The number of aliphatic carboxylic acids is 2. The summed E-state index contributed by atoms with van der Waals surface area (Å²) in [6.07, 6.45) is 1.20. The van der Waals surface area contributed by atoms with Crippen LogP contribution >= 0.6 is 0 Å². The third kappa shape index (κ3) is 5.87. The van der Waals surface area contributed by atoms with Crippen molar-refractivity contribution < 1.29 is 24.6 Å². The lowest BCUT2D eigenvalue weighted by Gasteiger charge is -2.29. The predicted molar refractivity (Wildman–Crippen MR) is 70.5 cm³/mol. The van der Waals surface area contributed by atoms with E-state index in [9.17, 15) is 14.4 Å². The van der Waals surface area contributed by atoms with Crippen LogP contribution in [0.4, 0.5) is 4.79 Å². The van der Waals surface area contributed by atoms with Crippen molar-refractivity contribution in [3.8, 4) is 0 Å². The van der Waals surface area contributed by atoms with Gasteiger partial charge in [-0.1, -0.05) is 0 Å². The SMILES string of the molecule is CN1CCC(NC(=O)N[C@@H](CCC(=O)O)C(=O)O)CC1. The van der Waals surface area contributed by atoms with Crippen LogP contribution in [0.15, 0.2) is 0 Å². The van der Waals surface area contributed by atoms with Gasteiger partial charge in [0.2, 0.25) is 0 Å². The third-order valence-corrected chi connectivity index (χ3v) is 3.30. The van der Waals surface area contributed by atoms with E-state index >= 15 is 0 Å². The molecule has 0 aromatic carbocycles. The van der Waals surface area contributed by atoms with Gasteiger partial charge in [-0.25, -0.2) is 9.59 Å². The largest absolute Gasteiger partial charge is 0.481 e. The Kier molecular flexibility index (Phi) is 6.23. The van der Waals surface area contributed by atoms with Crippen LogP contribution < -0.4 is 10.6 Å². The number of hydrogen-bond donors (Lipinski definition) is 4. The number of piperidine rings is 1. The van der Waals surface area contributed by atoms with Gasteiger partial charge in [0, 0.05) is 12.5 Å². The lowest BCUT2D eigenvalue weighted by atomic mass is 10.1. The first kappa shape index (κ1) is 16.2. The fourth-order valence-electron chi connectivity index (χ4n) is 2.06. The van der Waals surface area contributed by atoms with E-state index < -0.39 is 24.0 Å². The molecule has 114 valence electrons. The average Bonchev–Trinajstić information content (AvgIpc) is 2.36. The minimum absolute atomic E-state index is 0.0279. The summed E-state index contributed by atoms with van der Waals surface area (Å²) in [6, 6.07) is -1.71. The molecule has 0 bridgehead atoms. The number of nitrogens with zero attached hydrogens (tertiary/aromatic N) is 1. The van der Waals surface area contributed by atoms with Crippen molar-refractivity contribution in [2.75, 3.05) is 20.1 Å². The van der Waals surface area contributed by atoms with E-state index in [1.807, 2.05) is 7.05 Å². The first-order chi connectivity index (χ1) is 9.38. The highest BCUT2D eigenvalue weighted by molar-refractivity contribution is 5.83. The van der Waals surface area contributed by atoms with Crippen LogP contribution in [-0.4, -0.2) is 65.3 Å². The van der Waals surface area contributed by atoms with Gasteiger partial charge in [-0.15, -0.1) is 0 Å². The zero-order valence-electron chi connectivity index (χ0n) is 11.5. The maximum Gasteiger partial charge on any atom is 0.326 e. The molecule has 0 radical (unpaired) electrons.